The molecule has 0 radical (unpaired) electrons. The summed E-state index contributed by atoms with van der Waals surface area (Å²) < 4.78 is 5.44. The highest BCUT2D eigenvalue weighted by atomic mass is 31.1. The predicted molar refractivity (Wildman–Crippen MR) is 79.5 cm³/mol. The molecule has 2 aromatic rings. The Bertz CT molecular complexity index is 577. The summed E-state index contributed by atoms with van der Waals surface area (Å²) in [6, 6.07) is 15.2. The maximum Gasteiger partial charge on any atom is 0.119 e. The molecule has 0 atom stereocenters. The predicted octanol–water partition coefficient (Wildman–Crippen LogP) is 2.50. The van der Waals surface area contributed by atoms with Gasteiger partial charge in [-0.3, -0.25) is 0 Å². The molecule has 2 aromatic carbocycles. The minimum Gasteiger partial charge on any atom is -0.823 e. The second kappa shape index (κ2) is 6.51. The van der Waals surface area contributed by atoms with Crippen LogP contribution in [0.2, 0.25) is 0 Å². The summed E-state index contributed by atoms with van der Waals surface area (Å²) in [5.74, 6) is 0.853. The minimum atomic E-state index is 0.118. The Balaban J connectivity index is 2.28. The van der Waals surface area contributed by atoms with Gasteiger partial charge < -0.3 is 9.84 Å². The smallest absolute Gasteiger partial charge is 0.119 e. The van der Waals surface area contributed by atoms with Gasteiger partial charge in [0.1, 0.15) is 5.75 Å². The Morgan fingerprint density at radius 3 is 2.53 bits per heavy atom. The van der Waals surface area contributed by atoms with Crippen molar-refractivity contribution in [3.05, 3.63) is 59.7 Å². The molecule has 0 aliphatic carbocycles. The third-order valence-electron chi connectivity index (χ3n) is 2.72. The third-order valence-corrected chi connectivity index (χ3v) is 3.93. The van der Waals surface area contributed by atoms with Crippen LogP contribution in [0.25, 0.3) is 0 Å². The maximum absolute atomic E-state index is 12.1. The van der Waals surface area contributed by atoms with Crippen LogP contribution in [0.15, 0.2) is 48.5 Å². The summed E-state index contributed by atoms with van der Waals surface area (Å²) in [6.07, 6.45) is 0. The molecule has 0 bridgehead atoms. The summed E-state index contributed by atoms with van der Waals surface area (Å²) in [5, 5.41) is 13.2. The fourth-order valence-corrected chi connectivity index (χ4v) is 2.65. The Kier molecular flexibility index (Phi) is 4.73. The van der Waals surface area contributed by atoms with Gasteiger partial charge in [0.05, 0.1) is 6.61 Å². The van der Waals surface area contributed by atoms with Crippen LogP contribution in [-0.2, 0) is 0 Å². The van der Waals surface area contributed by atoms with Crippen molar-refractivity contribution in [3.63, 3.8) is 0 Å². The van der Waals surface area contributed by atoms with E-state index in [0.717, 1.165) is 22.2 Å². The molecule has 0 aliphatic heterocycles. The van der Waals surface area contributed by atoms with E-state index in [2.05, 4.69) is 0 Å². The van der Waals surface area contributed by atoms with Crippen molar-refractivity contribution in [2.24, 2.45) is 0 Å². The lowest BCUT2D eigenvalue weighted by Crippen LogP contribution is -2.18. The van der Waals surface area contributed by atoms with Crippen LogP contribution in [-0.4, -0.2) is 12.1 Å². The first-order valence-electron chi connectivity index (χ1n) is 6.25. The van der Waals surface area contributed by atoms with Gasteiger partial charge in [0, 0.05) is 5.30 Å². The van der Waals surface area contributed by atoms with Crippen molar-refractivity contribution in [2.45, 2.75) is 13.8 Å². The van der Waals surface area contributed by atoms with Crippen LogP contribution in [0.4, 0.5) is 0 Å². The van der Waals surface area contributed by atoms with Crippen LogP contribution in [0.5, 0.6) is 5.75 Å². The van der Waals surface area contributed by atoms with Crippen LogP contribution >= 0.6 is 8.20 Å². The molecule has 2 rings (SSSR count). The summed E-state index contributed by atoms with van der Waals surface area (Å²) >= 11 is 0. The van der Waals surface area contributed by atoms with E-state index < -0.39 is 0 Å². The Hall–Kier alpha value is -1.63. The molecule has 2 nitrogen and oxygen atoms in total. The molecule has 0 amide bonds. The van der Waals surface area contributed by atoms with E-state index in [1.807, 2.05) is 62.4 Å². The molecule has 0 spiro atoms. The standard InChI is InChI=1S/C16H17O2P/c1-3-18-14-9-10-15(12(2)11-14)19-16(17)13-7-5-4-6-8-13/h4-11,17H,3H2,1-2H3/p-1. The topological polar surface area (TPSA) is 32.3 Å². The Labute approximate surface area is 115 Å². The van der Waals surface area contributed by atoms with Gasteiger partial charge in [-0.2, -0.15) is 0 Å². The zero-order valence-electron chi connectivity index (χ0n) is 11.1. The van der Waals surface area contributed by atoms with Crippen LogP contribution < -0.4 is 15.1 Å². The molecule has 0 fully saturated rings. The number of benzene rings is 2. The van der Waals surface area contributed by atoms with Gasteiger partial charge in [-0.05, 0) is 43.2 Å². The molecule has 0 N–H and O–H groups in total. The second-order valence-corrected chi connectivity index (χ2v) is 5.28. The number of ether oxygens (including phenoxy) is 1. The minimum absolute atomic E-state index is 0.118. The van der Waals surface area contributed by atoms with Crippen molar-refractivity contribution in [1.29, 1.82) is 0 Å². The average Bonchev–Trinajstić information content (AvgIpc) is 2.43. The van der Waals surface area contributed by atoms with Gasteiger partial charge in [-0.25, -0.2) is 0 Å². The highest BCUT2D eigenvalue weighted by molar-refractivity contribution is 7.49. The molecule has 0 aromatic heterocycles. The lowest BCUT2D eigenvalue weighted by molar-refractivity contribution is -0.207. The molecule has 98 valence electrons. The van der Waals surface area contributed by atoms with Crippen LogP contribution in [0.3, 0.4) is 0 Å². The normalized spacial score (nSPS) is 11.4. The van der Waals surface area contributed by atoms with Gasteiger partial charge >= 0.3 is 0 Å². The second-order valence-electron chi connectivity index (χ2n) is 4.16. The quantitative estimate of drug-likeness (QED) is 0.800. The zero-order valence-corrected chi connectivity index (χ0v) is 12.0. The highest BCUT2D eigenvalue weighted by Gasteiger charge is 1.99. The highest BCUT2D eigenvalue weighted by Crippen LogP contribution is 2.16. The molecular weight excluding hydrogens is 255 g/mol. The fraction of sp³-hybridized carbons (Fsp3) is 0.188. The van der Waals surface area contributed by atoms with E-state index >= 15 is 0 Å². The maximum atomic E-state index is 12.1. The summed E-state index contributed by atoms with van der Waals surface area (Å²) in [6.45, 7) is 4.61. The first kappa shape index (κ1) is 13.8. The van der Waals surface area contributed by atoms with Gasteiger partial charge in [-0.15, -0.1) is 5.48 Å². The summed E-state index contributed by atoms with van der Waals surface area (Å²) in [5.41, 5.74) is 1.95. The number of rotatable bonds is 4. The number of aryl methyl sites for hydroxylation is 1. The van der Waals surface area contributed by atoms with Gasteiger partial charge in [-0.1, -0.05) is 38.5 Å². The number of hydrogen-bond donors (Lipinski definition) is 0. The van der Waals surface area contributed by atoms with Crippen molar-refractivity contribution >= 4 is 19.0 Å². The van der Waals surface area contributed by atoms with E-state index in [1.54, 1.807) is 0 Å². The molecular formula is C16H16O2P-. The van der Waals surface area contributed by atoms with E-state index in [1.165, 1.54) is 0 Å². The molecule has 0 unspecified atom stereocenters. The molecule has 0 aliphatic rings. The summed E-state index contributed by atoms with van der Waals surface area (Å²) in [7, 11) is 0.707. The monoisotopic (exact) mass is 271 g/mol. The fourth-order valence-electron chi connectivity index (χ4n) is 1.76. The van der Waals surface area contributed by atoms with E-state index in [4.69, 9.17) is 4.74 Å². The van der Waals surface area contributed by atoms with Crippen molar-refractivity contribution in [1.82, 2.24) is 0 Å². The lowest BCUT2D eigenvalue weighted by Gasteiger charge is -2.13. The van der Waals surface area contributed by atoms with E-state index in [9.17, 15) is 5.11 Å². The van der Waals surface area contributed by atoms with Crippen molar-refractivity contribution in [3.8, 4) is 5.75 Å². The largest absolute Gasteiger partial charge is 0.823 e. The molecule has 0 saturated carbocycles. The lowest BCUT2D eigenvalue weighted by atomic mass is 10.2. The zero-order chi connectivity index (χ0) is 13.7. The van der Waals surface area contributed by atoms with Gasteiger partial charge in [0.2, 0.25) is 0 Å². The average molecular weight is 271 g/mol. The third kappa shape index (κ3) is 3.66. The van der Waals surface area contributed by atoms with E-state index in [0.29, 0.717) is 14.8 Å². The van der Waals surface area contributed by atoms with Crippen molar-refractivity contribution < 1.29 is 9.84 Å². The van der Waals surface area contributed by atoms with Gasteiger partial charge in [0.25, 0.3) is 0 Å². The van der Waals surface area contributed by atoms with E-state index in [-0.39, 0.29) is 5.48 Å². The molecule has 19 heavy (non-hydrogen) atoms. The van der Waals surface area contributed by atoms with Gasteiger partial charge in [0.15, 0.2) is 0 Å². The van der Waals surface area contributed by atoms with Crippen molar-refractivity contribution in [2.75, 3.05) is 6.61 Å². The first-order valence-corrected chi connectivity index (χ1v) is 7.14. The van der Waals surface area contributed by atoms with Crippen LogP contribution in [0, 0.1) is 6.92 Å². The Morgan fingerprint density at radius 2 is 1.89 bits per heavy atom. The first-order chi connectivity index (χ1) is 9.20. The Morgan fingerprint density at radius 1 is 1.16 bits per heavy atom. The number of hydrogen-bond acceptors (Lipinski definition) is 2. The van der Waals surface area contributed by atoms with Crippen LogP contribution in [0.1, 0.15) is 18.1 Å². The SMILES string of the molecule is CCOc1ccc(P=C([O-])c2ccccc2)c(C)c1. The molecule has 0 saturated heterocycles. The molecule has 3 heteroatoms. The summed E-state index contributed by atoms with van der Waals surface area (Å²) in [4.78, 5) is 0. The molecule has 0 heterocycles.